The minimum atomic E-state index is -0.401. The Labute approximate surface area is 252 Å². The molecule has 0 bridgehead atoms. The number of unbranched alkanes of at least 4 members (excludes halogenated alkanes) is 2. The summed E-state index contributed by atoms with van der Waals surface area (Å²) in [4.78, 5) is 20.2. The van der Waals surface area contributed by atoms with E-state index in [0.29, 0.717) is 12.4 Å². The number of nitro benzene ring substituents is 1. The summed E-state index contributed by atoms with van der Waals surface area (Å²) in [5, 5.41) is 10.6. The van der Waals surface area contributed by atoms with Crippen LogP contribution in [-0.2, 0) is 0 Å². The standard InChI is InChI=1S/C16H25N3O3.C16H27N3O/c1-2-17-10-12-18(13-11-17)9-3-4-14-22-16-7-5-15(6-8-16)19(20)21;1-2-18-10-12-19(13-11-18)9-3-4-14-20-16-7-5-15(17)6-8-16/h5-8H,2-4,9-14H2,1H3;5-8H,2-4,9-14,17H2,1H3. The third kappa shape index (κ3) is 12.9. The normalized spacial score (nSPS) is 16.9. The molecule has 2 aliphatic heterocycles. The highest BCUT2D eigenvalue weighted by Crippen LogP contribution is 2.17. The van der Waals surface area contributed by atoms with E-state index in [-0.39, 0.29) is 5.69 Å². The van der Waals surface area contributed by atoms with Gasteiger partial charge in [0.15, 0.2) is 0 Å². The van der Waals surface area contributed by atoms with Crippen LogP contribution in [0, 0.1) is 10.1 Å². The highest BCUT2D eigenvalue weighted by molar-refractivity contribution is 5.41. The maximum atomic E-state index is 10.6. The molecule has 0 aromatic heterocycles. The molecule has 0 amide bonds. The molecular weight excluding hydrogens is 532 g/mol. The molecule has 4 rings (SSSR count). The van der Waals surface area contributed by atoms with E-state index in [1.807, 2.05) is 24.3 Å². The van der Waals surface area contributed by atoms with Crippen LogP contribution in [0.2, 0.25) is 0 Å². The fraction of sp³-hybridized carbons (Fsp3) is 0.625. The van der Waals surface area contributed by atoms with Crippen molar-refractivity contribution >= 4 is 11.4 Å². The third-order valence-electron chi connectivity index (χ3n) is 8.03. The van der Waals surface area contributed by atoms with Crippen molar-refractivity contribution in [3.63, 3.8) is 0 Å². The van der Waals surface area contributed by atoms with E-state index < -0.39 is 4.92 Å². The van der Waals surface area contributed by atoms with E-state index in [1.54, 1.807) is 12.1 Å². The molecular formula is C32H52N6O4. The molecule has 0 unspecified atom stereocenters. The van der Waals surface area contributed by atoms with Gasteiger partial charge in [-0.15, -0.1) is 0 Å². The van der Waals surface area contributed by atoms with Crippen molar-refractivity contribution in [2.75, 3.05) is 97.5 Å². The minimum absolute atomic E-state index is 0.0959. The van der Waals surface area contributed by atoms with Gasteiger partial charge in [-0.1, -0.05) is 13.8 Å². The number of nitrogens with zero attached hydrogens (tertiary/aromatic N) is 5. The number of hydrogen-bond acceptors (Lipinski definition) is 9. The van der Waals surface area contributed by atoms with Crippen molar-refractivity contribution < 1.29 is 14.4 Å². The second-order valence-electron chi connectivity index (χ2n) is 11.0. The van der Waals surface area contributed by atoms with Crippen molar-refractivity contribution in [2.24, 2.45) is 0 Å². The van der Waals surface area contributed by atoms with E-state index >= 15 is 0 Å². The zero-order valence-corrected chi connectivity index (χ0v) is 25.8. The molecule has 0 radical (unpaired) electrons. The molecule has 2 aromatic carbocycles. The topological polar surface area (TPSA) is 101 Å². The summed E-state index contributed by atoms with van der Waals surface area (Å²) in [6.07, 6.45) is 4.45. The third-order valence-corrected chi connectivity index (χ3v) is 8.03. The number of non-ortho nitro benzene ring substituents is 1. The lowest BCUT2D eigenvalue weighted by atomic mass is 10.2. The van der Waals surface area contributed by atoms with Crippen LogP contribution in [0.3, 0.4) is 0 Å². The molecule has 2 heterocycles. The first-order valence-electron chi connectivity index (χ1n) is 15.7. The van der Waals surface area contributed by atoms with Gasteiger partial charge in [0.05, 0.1) is 18.1 Å². The quantitative estimate of drug-likeness (QED) is 0.141. The summed E-state index contributed by atoms with van der Waals surface area (Å²) in [6, 6.07) is 13.9. The summed E-state index contributed by atoms with van der Waals surface area (Å²) in [5.41, 5.74) is 6.52. The molecule has 10 heteroatoms. The first-order valence-corrected chi connectivity index (χ1v) is 15.7. The van der Waals surface area contributed by atoms with Crippen LogP contribution in [0.1, 0.15) is 39.5 Å². The highest BCUT2D eigenvalue weighted by Gasteiger charge is 2.15. The predicted molar refractivity (Wildman–Crippen MR) is 171 cm³/mol. The molecule has 42 heavy (non-hydrogen) atoms. The van der Waals surface area contributed by atoms with Crippen molar-refractivity contribution in [1.82, 2.24) is 19.6 Å². The monoisotopic (exact) mass is 584 g/mol. The van der Waals surface area contributed by atoms with E-state index in [1.165, 1.54) is 70.9 Å². The summed E-state index contributed by atoms with van der Waals surface area (Å²) < 4.78 is 11.3. The van der Waals surface area contributed by atoms with Gasteiger partial charge in [-0.05, 0) is 88.3 Å². The Bertz CT molecular complexity index is 991. The average molecular weight is 585 g/mol. The number of benzene rings is 2. The molecule has 2 saturated heterocycles. The Hall–Kier alpha value is -2.92. The first-order chi connectivity index (χ1) is 20.5. The van der Waals surface area contributed by atoms with Gasteiger partial charge >= 0.3 is 0 Å². The number of piperazine rings is 2. The number of likely N-dealkylation sites (N-methyl/N-ethyl adjacent to an activating group) is 2. The van der Waals surface area contributed by atoms with Gasteiger partial charge in [0.1, 0.15) is 11.5 Å². The molecule has 2 aromatic rings. The van der Waals surface area contributed by atoms with Gasteiger partial charge in [0.2, 0.25) is 0 Å². The summed E-state index contributed by atoms with van der Waals surface area (Å²) in [6.45, 7) is 20.1. The Balaban J connectivity index is 0.000000231. The van der Waals surface area contributed by atoms with Crippen LogP contribution in [0.4, 0.5) is 11.4 Å². The van der Waals surface area contributed by atoms with Crippen LogP contribution >= 0.6 is 0 Å². The zero-order chi connectivity index (χ0) is 30.0. The van der Waals surface area contributed by atoms with Gasteiger partial charge in [-0.2, -0.15) is 0 Å². The van der Waals surface area contributed by atoms with Gasteiger partial charge in [-0.3, -0.25) is 10.1 Å². The maximum absolute atomic E-state index is 10.6. The second kappa shape index (κ2) is 19.3. The summed E-state index contributed by atoms with van der Waals surface area (Å²) in [7, 11) is 0. The zero-order valence-electron chi connectivity index (χ0n) is 25.8. The molecule has 2 aliphatic rings. The van der Waals surface area contributed by atoms with Crippen LogP contribution in [0.5, 0.6) is 11.5 Å². The number of ether oxygens (including phenoxy) is 2. The maximum Gasteiger partial charge on any atom is 0.269 e. The molecule has 0 atom stereocenters. The lowest BCUT2D eigenvalue weighted by Gasteiger charge is -2.33. The Morgan fingerprint density at radius 2 is 1.02 bits per heavy atom. The van der Waals surface area contributed by atoms with E-state index in [9.17, 15) is 10.1 Å². The van der Waals surface area contributed by atoms with Gasteiger partial charge < -0.3 is 34.8 Å². The van der Waals surface area contributed by atoms with E-state index in [4.69, 9.17) is 15.2 Å². The van der Waals surface area contributed by atoms with Crippen LogP contribution in [-0.4, -0.2) is 116 Å². The average Bonchev–Trinajstić information content (AvgIpc) is 3.03. The van der Waals surface area contributed by atoms with Gasteiger partial charge in [0, 0.05) is 70.2 Å². The molecule has 2 N–H and O–H groups in total. The van der Waals surface area contributed by atoms with Crippen LogP contribution < -0.4 is 15.2 Å². The Kier molecular flexibility index (Phi) is 15.4. The second-order valence-corrected chi connectivity index (χ2v) is 11.0. The van der Waals surface area contributed by atoms with Crippen molar-refractivity contribution in [3.05, 3.63) is 58.6 Å². The van der Waals surface area contributed by atoms with Crippen LogP contribution in [0.15, 0.2) is 48.5 Å². The number of nitro groups is 1. The number of hydrogen-bond donors (Lipinski definition) is 1. The van der Waals surface area contributed by atoms with Crippen molar-refractivity contribution in [1.29, 1.82) is 0 Å². The number of anilines is 1. The lowest BCUT2D eigenvalue weighted by molar-refractivity contribution is -0.384. The molecule has 234 valence electrons. The molecule has 0 aliphatic carbocycles. The predicted octanol–water partition coefficient (Wildman–Crippen LogP) is 4.46. The highest BCUT2D eigenvalue weighted by atomic mass is 16.6. The smallest absolute Gasteiger partial charge is 0.269 e. The minimum Gasteiger partial charge on any atom is -0.494 e. The van der Waals surface area contributed by atoms with E-state index in [0.717, 1.165) is 63.5 Å². The fourth-order valence-corrected chi connectivity index (χ4v) is 5.14. The number of nitrogens with two attached hydrogens (primary N) is 1. The molecule has 2 fully saturated rings. The SMILES string of the molecule is CCN1CCN(CCCCOc2ccc(N)cc2)CC1.CCN1CCN(CCCCOc2ccc([N+](=O)[O-])cc2)CC1. The largest absolute Gasteiger partial charge is 0.494 e. The first kappa shape index (κ1) is 33.6. The Morgan fingerprint density at radius 1 is 0.643 bits per heavy atom. The number of nitrogen functional groups attached to an aromatic ring is 1. The summed E-state index contributed by atoms with van der Waals surface area (Å²) >= 11 is 0. The number of rotatable bonds is 15. The van der Waals surface area contributed by atoms with Gasteiger partial charge in [0.25, 0.3) is 5.69 Å². The van der Waals surface area contributed by atoms with E-state index in [2.05, 4.69) is 33.4 Å². The van der Waals surface area contributed by atoms with Crippen LogP contribution in [0.25, 0.3) is 0 Å². The molecule has 10 nitrogen and oxygen atoms in total. The van der Waals surface area contributed by atoms with Gasteiger partial charge in [-0.25, -0.2) is 0 Å². The summed E-state index contributed by atoms with van der Waals surface area (Å²) in [5.74, 6) is 1.61. The van der Waals surface area contributed by atoms with Crippen molar-refractivity contribution in [2.45, 2.75) is 39.5 Å². The van der Waals surface area contributed by atoms with Crippen molar-refractivity contribution in [3.8, 4) is 11.5 Å². The molecule has 0 saturated carbocycles. The fourth-order valence-electron chi connectivity index (χ4n) is 5.14. The lowest BCUT2D eigenvalue weighted by Crippen LogP contribution is -2.46. The molecule has 0 spiro atoms. The Morgan fingerprint density at radius 3 is 1.40 bits per heavy atom.